The van der Waals surface area contributed by atoms with Gasteiger partial charge in [0.05, 0.1) is 11.7 Å². The van der Waals surface area contributed by atoms with Crippen molar-refractivity contribution in [2.24, 2.45) is 0 Å². The van der Waals surface area contributed by atoms with Crippen molar-refractivity contribution < 1.29 is 8.78 Å². The van der Waals surface area contributed by atoms with E-state index in [2.05, 4.69) is 25.2 Å². The maximum absolute atomic E-state index is 15.0. The average Bonchev–Trinajstić information content (AvgIpc) is 3.20. The van der Waals surface area contributed by atoms with Crippen LogP contribution in [-0.4, -0.2) is 54.5 Å². The molecule has 9 nitrogen and oxygen atoms in total. The van der Waals surface area contributed by atoms with Crippen LogP contribution in [0.25, 0.3) is 22.3 Å². The first-order valence-corrected chi connectivity index (χ1v) is 14.6. The Kier molecular flexibility index (Phi) is 6.86. The number of benzene rings is 1. The van der Waals surface area contributed by atoms with Crippen molar-refractivity contribution in [2.75, 3.05) is 30.4 Å². The van der Waals surface area contributed by atoms with Crippen LogP contribution in [0.15, 0.2) is 30.5 Å². The van der Waals surface area contributed by atoms with E-state index in [1.807, 2.05) is 37.5 Å². The van der Waals surface area contributed by atoms with Crippen LogP contribution in [0.2, 0.25) is 0 Å². The van der Waals surface area contributed by atoms with Crippen molar-refractivity contribution in [1.29, 1.82) is 9.56 Å². The summed E-state index contributed by atoms with van der Waals surface area (Å²) in [4.78, 5) is 19.8. The number of hydrogen-bond donors (Lipinski definition) is 3. The van der Waals surface area contributed by atoms with Crippen LogP contribution in [0.5, 0.6) is 0 Å². The number of anilines is 2. The second-order valence-electron chi connectivity index (χ2n) is 10.1. The molecule has 0 aliphatic carbocycles. The lowest BCUT2D eigenvalue weighted by Crippen LogP contribution is -2.34. The lowest BCUT2D eigenvalue weighted by atomic mass is 10.1. The Balaban J connectivity index is 1.40. The van der Waals surface area contributed by atoms with Gasteiger partial charge in [0.2, 0.25) is 5.95 Å². The standard InChI is InChI=1S/C26H31F2N9S/c1-15(2)37-16(3)32-25-19(27)11-18(12-22(25)37)24-20(28)13-31-26(35-24)34-23-6-5-17-14-36(8-7-21(17)33-23)9-10-38(4,29)30/h5-6,11-13,15,29-30H,7-10,14H2,1-4H3,(H,31,33,34,35). The van der Waals surface area contributed by atoms with E-state index in [9.17, 15) is 8.78 Å². The summed E-state index contributed by atoms with van der Waals surface area (Å²) in [5.41, 5.74) is 3.20. The topological polar surface area (TPSA) is 119 Å². The van der Waals surface area contributed by atoms with Crippen molar-refractivity contribution in [2.45, 2.75) is 39.8 Å². The van der Waals surface area contributed by atoms with E-state index in [0.29, 0.717) is 28.5 Å². The molecule has 12 heteroatoms. The molecule has 1 aliphatic heterocycles. The van der Waals surface area contributed by atoms with Gasteiger partial charge in [-0.3, -0.25) is 14.5 Å². The number of nitrogens with one attached hydrogen (secondary N) is 3. The Morgan fingerprint density at radius 2 is 1.89 bits per heavy atom. The van der Waals surface area contributed by atoms with E-state index in [-0.39, 0.29) is 23.2 Å². The quantitative estimate of drug-likeness (QED) is 0.287. The van der Waals surface area contributed by atoms with Gasteiger partial charge in [0.25, 0.3) is 0 Å². The Morgan fingerprint density at radius 3 is 2.63 bits per heavy atom. The van der Waals surface area contributed by atoms with Crippen LogP contribution in [0.3, 0.4) is 0 Å². The molecule has 3 N–H and O–H groups in total. The van der Waals surface area contributed by atoms with E-state index in [1.165, 1.54) is 6.07 Å². The fourth-order valence-electron chi connectivity index (χ4n) is 4.85. The first-order valence-electron chi connectivity index (χ1n) is 12.4. The van der Waals surface area contributed by atoms with Crippen LogP contribution >= 0.6 is 0 Å². The lowest BCUT2D eigenvalue weighted by Gasteiger charge is -2.28. The molecule has 3 aromatic heterocycles. The molecule has 4 heterocycles. The Labute approximate surface area is 220 Å². The van der Waals surface area contributed by atoms with Crippen molar-refractivity contribution in [3.05, 3.63) is 59.2 Å². The van der Waals surface area contributed by atoms with Crippen LogP contribution < -0.4 is 5.32 Å². The van der Waals surface area contributed by atoms with Gasteiger partial charge < -0.3 is 9.88 Å². The minimum atomic E-state index is -2.02. The highest BCUT2D eigenvalue weighted by Gasteiger charge is 2.20. The summed E-state index contributed by atoms with van der Waals surface area (Å²) < 4.78 is 47.4. The number of nitrogens with zero attached hydrogens (tertiary/aromatic N) is 6. The zero-order chi connectivity index (χ0) is 27.2. The van der Waals surface area contributed by atoms with E-state index >= 15 is 0 Å². The van der Waals surface area contributed by atoms with Crippen LogP contribution in [0.1, 0.15) is 37.0 Å². The monoisotopic (exact) mass is 539 g/mol. The molecule has 38 heavy (non-hydrogen) atoms. The Bertz CT molecular complexity index is 1630. The summed E-state index contributed by atoms with van der Waals surface area (Å²) in [6.45, 7) is 8.07. The van der Waals surface area contributed by atoms with Gasteiger partial charge in [0, 0.05) is 55.4 Å². The molecule has 0 bridgehead atoms. The molecule has 0 unspecified atom stereocenters. The van der Waals surface area contributed by atoms with Crippen molar-refractivity contribution in [3.63, 3.8) is 0 Å². The molecule has 1 aromatic carbocycles. The maximum atomic E-state index is 15.0. The summed E-state index contributed by atoms with van der Waals surface area (Å²) >= 11 is 0. The van der Waals surface area contributed by atoms with E-state index in [0.717, 1.165) is 43.5 Å². The third-order valence-electron chi connectivity index (χ3n) is 6.64. The van der Waals surface area contributed by atoms with E-state index in [1.54, 1.807) is 12.3 Å². The predicted molar refractivity (Wildman–Crippen MR) is 146 cm³/mol. The Hall–Kier alpha value is -3.51. The van der Waals surface area contributed by atoms with Gasteiger partial charge in [-0.25, -0.2) is 28.7 Å². The predicted octanol–water partition coefficient (Wildman–Crippen LogP) is 5.47. The first kappa shape index (κ1) is 26.1. The number of aryl methyl sites for hydroxylation is 1. The van der Waals surface area contributed by atoms with Crippen molar-refractivity contribution in [3.8, 4) is 11.3 Å². The average molecular weight is 540 g/mol. The van der Waals surface area contributed by atoms with Gasteiger partial charge in [-0.05, 0) is 44.5 Å². The number of halogens is 2. The van der Waals surface area contributed by atoms with Crippen molar-refractivity contribution >= 4 is 32.4 Å². The van der Waals surface area contributed by atoms with Gasteiger partial charge in [0.15, 0.2) is 11.6 Å². The molecular formula is C26H31F2N9S. The largest absolute Gasteiger partial charge is 0.326 e. The minimum absolute atomic E-state index is 0.0102. The molecule has 0 fully saturated rings. The normalized spacial score (nSPS) is 14.3. The van der Waals surface area contributed by atoms with Crippen molar-refractivity contribution in [1.82, 2.24) is 29.4 Å². The molecule has 1 aliphatic rings. The van der Waals surface area contributed by atoms with Gasteiger partial charge >= 0.3 is 0 Å². The fourth-order valence-corrected chi connectivity index (χ4v) is 5.47. The van der Waals surface area contributed by atoms with Crippen LogP contribution in [0, 0.1) is 28.1 Å². The molecule has 0 saturated heterocycles. The molecule has 200 valence electrons. The van der Waals surface area contributed by atoms with Crippen LogP contribution in [-0.2, 0) is 22.6 Å². The summed E-state index contributed by atoms with van der Waals surface area (Å²) in [7, 11) is -2.02. The van der Waals surface area contributed by atoms with Gasteiger partial charge in [-0.1, -0.05) is 15.7 Å². The number of aromatic nitrogens is 5. The molecule has 0 radical (unpaired) electrons. The maximum Gasteiger partial charge on any atom is 0.229 e. The first-order chi connectivity index (χ1) is 18.0. The summed E-state index contributed by atoms with van der Waals surface area (Å²) in [6.07, 6.45) is 3.51. The molecular weight excluding hydrogens is 508 g/mol. The third-order valence-corrected chi connectivity index (χ3v) is 7.64. The minimum Gasteiger partial charge on any atom is -0.326 e. The van der Waals surface area contributed by atoms with E-state index < -0.39 is 21.3 Å². The van der Waals surface area contributed by atoms with E-state index in [4.69, 9.17) is 14.5 Å². The number of fused-ring (bicyclic) bond motifs is 2. The fraction of sp³-hybridized carbons (Fsp3) is 0.385. The highest BCUT2D eigenvalue weighted by Crippen LogP contribution is 2.30. The number of rotatable bonds is 7. The lowest BCUT2D eigenvalue weighted by molar-refractivity contribution is 0.268. The third kappa shape index (κ3) is 5.37. The summed E-state index contributed by atoms with van der Waals surface area (Å²) in [5, 5.41) is 3.06. The second-order valence-corrected chi connectivity index (χ2v) is 12.7. The smallest absolute Gasteiger partial charge is 0.229 e. The SMILES string of the molecule is Cc1nc2c(F)cc(-c3nc(Nc4ccc5c(n4)CCN(CCS(C)(=N)=N)C5)ncc3F)cc2n1C(C)C. The second kappa shape index (κ2) is 9.99. The molecule has 4 aromatic rings. The summed E-state index contributed by atoms with van der Waals surface area (Å²) in [6, 6.07) is 6.84. The number of pyridine rings is 1. The molecule has 0 spiro atoms. The molecule has 0 amide bonds. The zero-order valence-corrected chi connectivity index (χ0v) is 22.7. The molecule has 0 saturated carbocycles. The highest BCUT2D eigenvalue weighted by atomic mass is 32.2. The van der Waals surface area contributed by atoms with Gasteiger partial charge in [-0.2, -0.15) is 0 Å². The number of hydrogen-bond acceptors (Lipinski definition) is 8. The highest BCUT2D eigenvalue weighted by molar-refractivity contribution is 7.92. The van der Waals surface area contributed by atoms with Gasteiger partial charge in [0.1, 0.15) is 22.9 Å². The Morgan fingerprint density at radius 1 is 1.11 bits per heavy atom. The zero-order valence-electron chi connectivity index (χ0n) is 21.8. The molecule has 0 atom stereocenters. The molecule has 5 rings (SSSR count). The van der Waals surface area contributed by atoms with Crippen LogP contribution in [0.4, 0.5) is 20.5 Å². The number of imidazole rings is 1. The summed E-state index contributed by atoms with van der Waals surface area (Å²) in [5.74, 6) is 0.765. The van der Waals surface area contributed by atoms with Gasteiger partial charge in [-0.15, -0.1) is 0 Å².